The summed E-state index contributed by atoms with van der Waals surface area (Å²) in [5.41, 5.74) is 0.782. The van der Waals surface area contributed by atoms with Gasteiger partial charge in [-0.2, -0.15) is 5.10 Å². The van der Waals surface area contributed by atoms with Crippen LogP contribution in [0.15, 0.2) is 47.6 Å². The second-order valence-electron chi connectivity index (χ2n) is 2.87. The van der Waals surface area contributed by atoms with Gasteiger partial charge >= 0.3 is 0 Å². The van der Waals surface area contributed by atoms with Gasteiger partial charge < -0.3 is 0 Å². The number of rotatable bonds is 2. The Morgan fingerprint density at radius 1 is 1.13 bits per heavy atom. The van der Waals surface area contributed by atoms with Gasteiger partial charge in [0.1, 0.15) is 0 Å². The number of hydrogen-bond donors (Lipinski definition) is 0. The molecular formula is C9H7ClN2O2S. The largest absolute Gasteiger partial charge is 0.280 e. The third-order valence-electron chi connectivity index (χ3n) is 1.84. The Morgan fingerprint density at radius 3 is 2.33 bits per heavy atom. The van der Waals surface area contributed by atoms with Gasteiger partial charge in [-0.25, -0.2) is 13.1 Å². The number of aromatic nitrogens is 2. The number of halogens is 1. The quantitative estimate of drug-likeness (QED) is 0.755. The minimum absolute atomic E-state index is 0.145. The van der Waals surface area contributed by atoms with Gasteiger partial charge in [-0.3, -0.25) is 0 Å². The fourth-order valence-corrected chi connectivity index (χ4v) is 1.82. The van der Waals surface area contributed by atoms with Crippen molar-refractivity contribution in [1.82, 2.24) is 9.78 Å². The van der Waals surface area contributed by atoms with Crippen molar-refractivity contribution in [3.05, 3.63) is 42.6 Å². The second kappa shape index (κ2) is 3.67. The number of hydrogen-bond acceptors (Lipinski definition) is 3. The Hall–Kier alpha value is -1.33. The fraction of sp³-hybridized carbons (Fsp3) is 0. The van der Waals surface area contributed by atoms with Gasteiger partial charge in [0.25, 0.3) is 9.05 Å². The van der Waals surface area contributed by atoms with E-state index in [1.54, 1.807) is 6.20 Å². The molecule has 0 fully saturated rings. The highest BCUT2D eigenvalue weighted by Crippen LogP contribution is 2.13. The van der Waals surface area contributed by atoms with Crippen molar-refractivity contribution in [2.45, 2.75) is 5.03 Å². The molecule has 0 N–H and O–H groups in total. The van der Waals surface area contributed by atoms with Gasteiger partial charge in [0.15, 0.2) is 5.03 Å². The molecule has 0 aliphatic rings. The van der Waals surface area contributed by atoms with E-state index in [1.165, 1.54) is 10.7 Å². The maximum absolute atomic E-state index is 11.0. The number of para-hydroxylation sites is 1. The van der Waals surface area contributed by atoms with Crippen molar-refractivity contribution >= 4 is 19.7 Å². The van der Waals surface area contributed by atoms with Crippen LogP contribution in [-0.4, -0.2) is 18.2 Å². The lowest BCUT2D eigenvalue weighted by molar-refractivity contribution is 0.604. The fourth-order valence-electron chi connectivity index (χ4n) is 1.16. The molecule has 6 heteroatoms. The Morgan fingerprint density at radius 2 is 1.80 bits per heavy atom. The van der Waals surface area contributed by atoms with Gasteiger partial charge in [0.05, 0.1) is 5.69 Å². The Labute approximate surface area is 91.5 Å². The molecule has 0 spiro atoms. The van der Waals surface area contributed by atoms with E-state index in [9.17, 15) is 8.42 Å². The SMILES string of the molecule is O=S(=O)(Cl)c1ccn(-c2ccccc2)n1. The van der Waals surface area contributed by atoms with Crippen LogP contribution >= 0.6 is 10.7 Å². The standard InChI is InChI=1S/C9H7ClN2O2S/c10-15(13,14)9-6-7-12(11-9)8-4-2-1-3-5-8/h1-7H. The first-order chi connectivity index (χ1) is 7.07. The molecule has 0 aliphatic heterocycles. The summed E-state index contributed by atoms with van der Waals surface area (Å²) in [6.45, 7) is 0. The highest BCUT2D eigenvalue weighted by molar-refractivity contribution is 8.13. The number of nitrogens with zero attached hydrogens (tertiary/aromatic N) is 2. The average Bonchev–Trinajstić information content (AvgIpc) is 2.67. The third kappa shape index (κ3) is 2.19. The van der Waals surface area contributed by atoms with Crippen molar-refractivity contribution in [3.63, 3.8) is 0 Å². The smallest absolute Gasteiger partial charge is 0.240 e. The van der Waals surface area contributed by atoms with Crippen molar-refractivity contribution in [3.8, 4) is 5.69 Å². The van der Waals surface area contributed by atoms with Gasteiger partial charge in [-0.1, -0.05) is 18.2 Å². The molecule has 1 aromatic carbocycles. The van der Waals surface area contributed by atoms with E-state index in [2.05, 4.69) is 5.10 Å². The van der Waals surface area contributed by atoms with Gasteiger partial charge in [0, 0.05) is 16.9 Å². The molecule has 4 nitrogen and oxygen atoms in total. The molecule has 0 saturated heterocycles. The summed E-state index contributed by atoms with van der Waals surface area (Å²) in [4.78, 5) is 0. The van der Waals surface area contributed by atoms with E-state index in [1.807, 2.05) is 30.3 Å². The summed E-state index contributed by atoms with van der Waals surface area (Å²) in [5.74, 6) is 0. The van der Waals surface area contributed by atoms with Crippen molar-refractivity contribution in [1.29, 1.82) is 0 Å². The van der Waals surface area contributed by atoms with Crippen LogP contribution in [0.1, 0.15) is 0 Å². The minimum Gasteiger partial charge on any atom is -0.240 e. The minimum atomic E-state index is -3.75. The molecule has 0 radical (unpaired) electrons. The molecule has 0 bridgehead atoms. The molecule has 0 saturated carbocycles. The van der Waals surface area contributed by atoms with Crippen LogP contribution in [0.2, 0.25) is 0 Å². The maximum Gasteiger partial charge on any atom is 0.280 e. The lowest BCUT2D eigenvalue weighted by atomic mass is 10.3. The topological polar surface area (TPSA) is 52.0 Å². The molecule has 2 aromatic rings. The van der Waals surface area contributed by atoms with Crippen molar-refractivity contribution < 1.29 is 8.42 Å². The summed E-state index contributed by atoms with van der Waals surface area (Å²) in [5, 5.41) is 3.70. The van der Waals surface area contributed by atoms with Gasteiger partial charge in [-0.05, 0) is 18.2 Å². The molecule has 0 unspecified atom stereocenters. The van der Waals surface area contributed by atoms with E-state index in [0.717, 1.165) is 5.69 Å². The molecule has 1 heterocycles. The molecule has 0 aliphatic carbocycles. The van der Waals surface area contributed by atoms with Crippen LogP contribution < -0.4 is 0 Å². The van der Waals surface area contributed by atoms with E-state index < -0.39 is 9.05 Å². The predicted octanol–water partition coefficient (Wildman–Crippen LogP) is 1.80. The van der Waals surface area contributed by atoms with Crippen LogP contribution in [0.3, 0.4) is 0 Å². The van der Waals surface area contributed by atoms with Gasteiger partial charge in [-0.15, -0.1) is 0 Å². The van der Waals surface area contributed by atoms with E-state index in [0.29, 0.717) is 0 Å². The first-order valence-corrected chi connectivity index (χ1v) is 6.44. The highest BCUT2D eigenvalue weighted by Gasteiger charge is 2.13. The summed E-state index contributed by atoms with van der Waals surface area (Å²) in [7, 11) is 1.41. The van der Waals surface area contributed by atoms with Crippen LogP contribution in [0.25, 0.3) is 5.69 Å². The Kier molecular flexibility index (Phi) is 2.50. The predicted molar refractivity (Wildman–Crippen MR) is 56.6 cm³/mol. The van der Waals surface area contributed by atoms with E-state index >= 15 is 0 Å². The zero-order chi connectivity index (χ0) is 10.9. The average molecular weight is 243 g/mol. The van der Waals surface area contributed by atoms with Crippen LogP contribution in [-0.2, 0) is 9.05 Å². The van der Waals surface area contributed by atoms with E-state index in [-0.39, 0.29) is 5.03 Å². The highest BCUT2D eigenvalue weighted by atomic mass is 35.7. The van der Waals surface area contributed by atoms with Crippen LogP contribution in [0.5, 0.6) is 0 Å². The molecule has 1 aromatic heterocycles. The zero-order valence-corrected chi connectivity index (χ0v) is 9.11. The summed E-state index contributed by atoms with van der Waals surface area (Å²) in [6, 6.07) is 10.5. The zero-order valence-electron chi connectivity index (χ0n) is 7.54. The Balaban J connectivity index is 2.46. The molecule has 78 valence electrons. The first-order valence-electron chi connectivity index (χ1n) is 4.13. The number of benzene rings is 1. The van der Waals surface area contributed by atoms with Gasteiger partial charge in [0.2, 0.25) is 0 Å². The molecule has 0 amide bonds. The van der Waals surface area contributed by atoms with Crippen LogP contribution in [0, 0.1) is 0 Å². The van der Waals surface area contributed by atoms with Crippen LogP contribution in [0.4, 0.5) is 0 Å². The second-order valence-corrected chi connectivity index (χ2v) is 5.38. The molecule has 2 rings (SSSR count). The lowest BCUT2D eigenvalue weighted by Crippen LogP contribution is -1.97. The van der Waals surface area contributed by atoms with E-state index in [4.69, 9.17) is 10.7 Å². The molecular weight excluding hydrogens is 236 g/mol. The summed E-state index contributed by atoms with van der Waals surface area (Å²) in [6.07, 6.45) is 1.55. The summed E-state index contributed by atoms with van der Waals surface area (Å²) >= 11 is 0. The van der Waals surface area contributed by atoms with Crippen molar-refractivity contribution in [2.24, 2.45) is 0 Å². The monoisotopic (exact) mass is 242 g/mol. The maximum atomic E-state index is 11.0. The lowest BCUT2D eigenvalue weighted by Gasteiger charge is -1.98. The first kappa shape index (κ1) is 10.2. The Bertz CT molecular complexity index is 563. The van der Waals surface area contributed by atoms with Crippen molar-refractivity contribution in [2.75, 3.05) is 0 Å². The molecule has 15 heavy (non-hydrogen) atoms. The molecule has 0 atom stereocenters. The third-order valence-corrected chi connectivity index (χ3v) is 3.03. The summed E-state index contributed by atoms with van der Waals surface area (Å²) < 4.78 is 23.4. The normalized spacial score (nSPS) is 11.5.